The molecular formula is C24H21F2N2O4. The first-order valence-electron chi connectivity index (χ1n) is 10.4. The lowest BCUT2D eigenvalue weighted by molar-refractivity contribution is 0.112. The minimum absolute atomic E-state index is 0.226. The molecule has 8 heteroatoms. The van der Waals surface area contributed by atoms with E-state index >= 15 is 0 Å². The van der Waals surface area contributed by atoms with Gasteiger partial charge in [-0.15, -0.1) is 0 Å². The fraction of sp³-hybridized carbons (Fsp3) is 0.292. The Balaban J connectivity index is 1.64. The van der Waals surface area contributed by atoms with Gasteiger partial charge < -0.3 is 19.0 Å². The predicted octanol–water partition coefficient (Wildman–Crippen LogP) is 3.47. The fourth-order valence-corrected chi connectivity index (χ4v) is 4.48. The molecule has 0 aliphatic carbocycles. The van der Waals surface area contributed by atoms with Gasteiger partial charge in [-0.1, -0.05) is 0 Å². The molecule has 0 bridgehead atoms. The normalized spacial score (nSPS) is 16.0. The molecule has 1 radical (unpaired) electrons. The Morgan fingerprint density at radius 3 is 2.62 bits per heavy atom. The van der Waals surface area contributed by atoms with Gasteiger partial charge in [0.2, 0.25) is 5.88 Å². The van der Waals surface area contributed by atoms with Crippen LogP contribution in [0, 0.1) is 18.6 Å². The largest absolute Gasteiger partial charge is 0.440 e. The summed E-state index contributed by atoms with van der Waals surface area (Å²) in [6, 6.07) is 5.33. The lowest BCUT2D eigenvalue weighted by atomic mass is 10.0. The molecule has 1 aromatic heterocycles. The molecular weight excluding hydrogens is 418 g/mol. The summed E-state index contributed by atoms with van der Waals surface area (Å²) in [5.74, 6) is -0.843. The Labute approximate surface area is 183 Å². The van der Waals surface area contributed by atoms with Crippen LogP contribution in [0.25, 0.3) is 11.0 Å². The maximum Gasteiger partial charge on any atom is 0.203 e. The Morgan fingerprint density at radius 2 is 1.88 bits per heavy atom. The number of carbonyl (C=O) groups excluding carboxylic acids is 1. The third kappa shape index (κ3) is 3.44. The van der Waals surface area contributed by atoms with E-state index in [0.29, 0.717) is 79.4 Å². The number of ether oxygens (including phenoxy) is 1. The van der Waals surface area contributed by atoms with Gasteiger partial charge in [0.15, 0.2) is 5.43 Å². The first-order chi connectivity index (χ1) is 15.5. The number of rotatable bonds is 4. The SMILES string of the molecule is [CH2]c1c(N2CCOCC2)oc2c(CN3CCc4c(F)cc(F)cc43)cc(C=O)cc2c1=O. The van der Waals surface area contributed by atoms with E-state index in [2.05, 4.69) is 6.92 Å². The van der Waals surface area contributed by atoms with Crippen molar-refractivity contribution in [2.24, 2.45) is 0 Å². The van der Waals surface area contributed by atoms with E-state index in [1.165, 1.54) is 12.1 Å². The predicted molar refractivity (Wildman–Crippen MR) is 116 cm³/mol. The summed E-state index contributed by atoms with van der Waals surface area (Å²) in [6.45, 7) is 6.79. The van der Waals surface area contributed by atoms with Crippen LogP contribution in [0.4, 0.5) is 20.4 Å². The van der Waals surface area contributed by atoms with Crippen LogP contribution in [0.1, 0.15) is 27.0 Å². The number of carbonyl (C=O) groups is 1. The first kappa shape index (κ1) is 20.6. The van der Waals surface area contributed by atoms with Crippen molar-refractivity contribution in [1.29, 1.82) is 0 Å². The molecule has 2 aliphatic heterocycles. The van der Waals surface area contributed by atoms with Crippen LogP contribution in [-0.4, -0.2) is 39.1 Å². The second kappa shape index (κ2) is 8.02. The molecule has 0 spiro atoms. The smallest absolute Gasteiger partial charge is 0.203 e. The van der Waals surface area contributed by atoms with Crippen LogP contribution >= 0.6 is 0 Å². The lowest BCUT2D eigenvalue weighted by Gasteiger charge is -2.28. The summed E-state index contributed by atoms with van der Waals surface area (Å²) < 4.78 is 39.7. The molecule has 2 aromatic carbocycles. The summed E-state index contributed by atoms with van der Waals surface area (Å²) in [6.07, 6.45) is 1.11. The topological polar surface area (TPSA) is 63.0 Å². The molecule has 0 unspecified atom stereocenters. The number of morpholine rings is 1. The second-order valence-corrected chi connectivity index (χ2v) is 8.05. The van der Waals surface area contributed by atoms with Crippen molar-refractivity contribution in [3.63, 3.8) is 0 Å². The molecule has 5 rings (SSSR count). The molecule has 6 nitrogen and oxygen atoms in total. The van der Waals surface area contributed by atoms with Crippen LogP contribution < -0.4 is 15.2 Å². The van der Waals surface area contributed by atoms with Crippen LogP contribution in [0.5, 0.6) is 0 Å². The van der Waals surface area contributed by atoms with Crippen LogP contribution in [-0.2, 0) is 17.7 Å². The molecule has 0 amide bonds. The Bertz CT molecular complexity index is 1280. The van der Waals surface area contributed by atoms with Crippen molar-refractivity contribution in [3.05, 3.63) is 75.3 Å². The number of benzene rings is 2. The molecule has 0 atom stereocenters. The Kier molecular flexibility index (Phi) is 5.17. The number of anilines is 2. The van der Waals surface area contributed by atoms with E-state index in [-0.39, 0.29) is 22.9 Å². The Morgan fingerprint density at radius 1 is 1.09 bits per heavy atom. The number of nitrogens with zero attached hydrogens (tertiary/aromatic N) is 2. The maximum atomic E-state index is 14.2. The average Bonchev–Trinajstić information content (AvgIpc) is 3.19. The number of fused-ring (bicyclic) bond motifs is 2. The molecule has 3 aromatic rings. The van der Waals surface area contributed by atoms with E-state index in [1.54, 1.807) is 6.07 Å². The zero-order valence-corrected chi connectivity index (χ0v) is 17.3. The Hall–Kier alpha value is -3.26. The van der Waals surface area contributed by atoms with E-state index in [4.69, 9.17) is 9.15 Å². The molecule has 3 heterocycles. The maximum absolute atomic E-state index is 14.2. The van der Waals surface area contributed by atoms with Crippen LogP contribution in [0.2, 0.25) is 0 Å². The summed E-state index contributed by atoms with van der Waals surface area (Å²) in [7, 11) is 0. The van der Waals surface area contributed by atoms with E-state index in [1.807, 2.05) is 9.80 Å². The monoisotopic (exact) mass is 439 g/mol. The molecule has 1 fully saturated rings. The highest BCUT2D eigenvalue weighted by molar-refractivity contribution is 5.89. The quantitative estimate of drug-likeness (QED) is 0.581. The van der Waals surface area contributed by atoms with Crippen molar-refractivity contribution in [2.75, 3.05) is 42.6 Å². The molecule has 0 N–H and O–H groups in total. The highest BCUT2D eigenvalue weighted by Gasteiger charge is 2.26. The zero-order chi connectivity index (χ0) is 22.4. The third-order valence-corrected chi connectivity index (χ3v) is 6.07. The summed E-state index contributed by atoms with van der Waals surface area (Å²) in [5, 5.41) is 0.261. The van der Waals surface area contributed by atoms with Gasteiger partial charge in [0.1, 0.15) is 23.5 Å². The van der Waals surface area contributed by atoms with Crippen molar-refractivity contribution in [3.8, 4) is 0 Å². The van der Waals surface area contributed by atoms with Gasteiger partial charge in [0.25, 0.3) is 0 Å². The van der Waals surface area contributed by atoms with Gasteiger partial charge in [-0.2, -0.15) is 0 Å². The van der Waals surface area contributed by atoms with Gasteiger partial charge >= 0.3 is 0 Å². The number of aldehydes is 1. The number of hydrogen-bond donors (Lipinski definition) is 0. The van der Waals surface area contributed by atoms with Gasteiger partial charge in [0.05, 0.1) is 24.2 Å². The molecule has 1 saturated heterocycles. The van der Waals surface area contributed by atoms with Crippen LogP contribution in [0.3, 0.4) is 0 Å². The van der Waals surface area contributed by atoms with Crippen molar-refractivity contribution < 1.29 is 22.7 Å². The van der Waals surface area contributed by atoms with Gasteiger partial charge in [-0.05, 0) is 31.5 Å². The van der Waals surface area contributed by atoms with Gasteiger partial charge in [0, 0.05) is 54.6 Å². The van der Waals surface area contributed by atoms with Crippen molar-refractivity contribution >= 4 is 28.8 Å². The van der Waals surface area contributed by atoms with E-state index in [9.17, 15) is 18.4 Å². The highest BCUT2D eigenvalue weighted by atomic mass is 19.1. The highest BCUT2D eigenvalue weighted by Crippen LogP contribution is 2.34. The molecule has 32 heavy (non-hydrogen) atoms. The number of hydrogen-bond acceptors (Lipinski definition) is 6. The van der Waals surface area contributed by atoms with Gasteiger partial charge in [-0.3, -0.25) is 9.59 Å². The van der Waals surface area contributed by atoms with Crippen LogP contribution in [0.15, 0.2) is 33.5 Å². The third-order valence-electron chi connectivity index (χ3n) is 6.07. The van der Waals surface area contributed by atoms with Crippen molar-refractivity contribution in [2.45, 2.75) is 13.0 Å². The summed E-state index contributed by atoms with van der Waals surface area (Å²) in [5.41, 5.74) is 2.10. The molecule has 165 valence electrons. The summed E-state index contributed by atoms with van der Waals surface area (Å²) >= 11 is 0. The standard InChI is InChI=1S/C24H21F2N2O4/c1-14-22(30)19-9-15(13-29)8-16(23(19)32-24(14)27-4-6-31-7-5-27)12-28-3-2-18-20(26)10-17(25)11-21(18)28/h8-11,13H,1-7,12H2. The minimum atomic E-state index is -0.650. The lowest BCUT2D eigenvalue weighted by Crippen LogP contribution is -2.37. The second-order valence-electron chi connectivity index (χ2n) is 8.05. The minimum Gasteiger partial charge on any atom is -0.440 e. The van der Waals surface area contributed by atoms with E-state index < -0.39 is 11.6 Å². The number of halogens is 2. The molecule has 0 saturated carbocycles. The van der Waals surface area contributed by atoms with Crippen molar-refractivity contribution in [1.82, 2.24) is 0 Å². The van der Waals surface area contributed by atoms with Gasteiger partial charge in [-0.25, -0.2) is 8.78 Å². The molecule has 2 aliphatic rings. The zero-order valence-electron chi connectivity index (χ0n) is 17.3. The first-order valence-corrected chi connectivity index (χ1v) is 10.4. The van der Waals surface area contributed by atoms with E-state index in [0.717, 1.165) is 6.07 Å². The fourth-order valence-electron chi connectivity index (χ4n) is 4.48. The average molecular weight is 439 g/mol. The summed E-state index contributed by atoms with van der Waals surface area (Å²) in [4.78, 5) is 28.4.